The zero-order valence-electron chi connectivity index (χ0n) is 8.40. The van der Waals surface area contributed by atoms with Crippen molar-refractivity contribution in [2.45, 2.75) is 18.6 Å². The number of hydrogen-bond acceptors (Lipinski definition) is 2. The molecule has 0 spiro atoms. The molecule has 1 aliphatic rings. The smallest absolute Gasteiger partial charge is 0.228 e. The van der Waals surface area contributed by atoms with E-state index in [0.717, 1.165) is 15.7 Å². The van der Waals surface area contributed by atoms with Crippen LogP contribution in [0.4, 0.5) is 5.69 Å². The van der Waals surface area contributed by atoms with E-state index in [2.05, 4.69) is 28.6 Å². The van der Waals surface area contributed by atoms with Gasteiger partial charge in [-0.05, 0) is 34.5 Å². The van der Waals surface area contributed by atoms with Crippen LogP contribution in [0.5, 0.6) is 0 Å². The molecule has 4 heteroatoms. The van der Waals surface area contributed by atoms with E-state index < -0.39 is 0 Å². The number of nitrogens with zero attached hydrogens (tertiary/aromatic N) is 1. The molecular weight excluding hydrogens is 274 g/mol. The SMILES string of the molecule is Cc1cccc(Br)c1N1CC(S)CC1=O. The van der Waals surface area contributed by atoms with E-state index in [-0.39, 0.29) is 11.2 Å². The van der Waals surface area contributed by atoms with Gasteiger partial charge in [-0.15, -0.1) is 0 Å². The molecule has 1 heterocycles. The second-order valence-electron chi connectivity index (χ2n) is 3.77. The van der Waals surface area contributed by atoms with E-state index in [1.165, 1.54) is 0 Å². The van der Waals surface area contributed by atoms with Crippen LogP contribution in [0.1, 0.15) is 12.0 Å². The first-order valence-electron chi connectivity index (χ1n) is 4.83. The standard InChI is InChI=1S/C11H12BrNOS/c1-7-3-2-4-9(12)11(7)13-6-8(15)5-10(13)14/h2-4,8,15H,5-6H2,1H3. The zero-order valence-corrected chi connectivity index (χ0v) is 10.9. The summed E-state index contributed by atoms with van der Waals surface area (Å²) in [5.41, 5.74) is 2.10. The molecule has 0 aromatic heterocycles. The van der Waals surface area contributed by atoms with Gasteiger partial charge in [-0.25, -0.2) is 0 Å². The van der Waals surface area contributed by atoms with Crippen molar-refractivity contribution in [3.05, 3.63) is 28.2 Å². The summed E-state index contributed by atoms with van der Waals surface area (Å²) in [6.07, 6.45) is 0.532. The third-order valence-corrected chi connectivity index (χ3v) is 3.55. The van der Waals surface area contributed by atoms with Gasteiger partial charge in [0.15, 0.2) is 0 Å². The zero-order chi connectivity index (χ0) is 11.0. The van der Waals surface area contributed by atoms with Crippen LogP contribution in [0.2, 0.25) is 0 Å². The first-order valence-corrected chi connectivity index (χ1v) is 6.14. The van der Waals surface area contributed by atoms with Crippen LogP contribution >= 0.6 is 28.6 Å². The second-order valence-corrected chi connectivity index (χ2v) is 5.35. The van der Waals surface area contributed by atoms with Crippen molar-refractivity contribution in [1.82, 2.24) is 0 Å². The van der Waals surface area contributed by atoms with Gasteiger partial charge in [-0.1, -0.05) is 12.1 Å². The molecule has 0 saturated carbocycles. The number of aryl methyl sites for hydroxylation is 1. The first kappa shape index (κ1) is 11.0. The van der Waals surface area contributed by atoms with Crippen LogP contribution < -0.4 is 4.90 Å². The first-order chi connectivity index (χ1) is 7.09. The maximum Gasteiger partial charge on any atom is 0.228 e. The number of halogens is 1. The minimum Gasteiger partial charge on any atom is -0.310 e. The molecule has 1 fully saturated rings. The summed E-state index contributed by atoms with van der Waals surface area (Å²) in [7, 11) is 0. The number of rotatable bonds is 1. The van der Waals surface area contributed by atoms with Gasteiger partial charge in [0.1, 0.15) is 0 Å². The molecule has 1 aliphatic heterocycles. The van der Waals surface area contributed by atoms with Crippen molar-refractivity contribution >= 4 is 40.2 Å². The normalized spacial score (nSPS) is 21.1. The lowest BCUT2D eigenvalue weighted by Gasteiger charge is -2.20. The number of para-hydroxylation sites is 1. The lowest BCUT2D eigenvalue weighted by atomic mass is 10.2. The molecule has 2 nitrogen and oxygen atoms in total. The van der Waals surface area contributed by atoms with E-state index in [4.69, 9.17) is 0 Å². The summed E-state index contributed by atoms with van der Waals surface area (Å²) in [5.74, 6) is 0.157. The number of carbonyl (C=O) groups is 1. The summed E-state index contributed by atoms with van der Waals surface area (Å²) in [6.45, 7) is 2.71. The van der Waals surface area contributed by atoms with Crippen LogP contribution in [0.15, 0.2) is 22.7 Å². The van der Waals surface area contributed by atoms with Gasteiger partial charge in [-0.3, -0.25) is 4.79 Å². The average Bonchev–Trinajstić information content (AvgIpc) is 2.45. The Morgan fingerprint density at radius 1 is 1.53 bits per heavy atom. The van der Waals surface area contributed by atoms with Crippen molar-refractivity contribution in [3.63, 3.8) is 0 Å². The molecule has 1 amide bonds. The molecule has 1 aromatic rings. The largest absolute Gasteiger partial charge is 0.310 e. The number of benzene rings is 1. The Balaban J connectivity index is 2.41. The predicted octanol–water partition coefficient (Wildman–Crippen LogP) is 2.79. The number of thiol groups is 1. The highest BCUT2D eigenvalue weighted by Crippen LogP contribution is 2.33. The van der Waals surface area contributed by atoms with Crippen LogP contribution in [-0.4, -0.2) is 17.7 Å². The molecule has 15 heavy (non-hydrogen) atoms. The monoisotopic (exact) mass is 285 g/mol. The Labute approximate surface area is 103 Å². The fraction of sp³-hybridized carbons (Fsp3) is 0.364. The third kappa shape index (κ3) is 2.06. The van der Waals surface area contributed by atoms with Gasteiger partial charge < -0.3 is 4.90 Å². The number of carbonyl (C=O) groups excluding carboxylic acids is 1. The summed E-state index contributed by atoms with van der Waals surface area (Å²) in [5, 5.41) is 0.156. The molecule has 2 rings (SSSR count). The fourth-order valence-corrected chi connectivity index (χ4v) is 2.87. The highest BCUT2D eigenvalue weighted by atomic mass is 79.9. The second kappa shape index (κ2) is 4.18. The van der Waals surface area contributed by atoms with Gasteiger partial charge in [-0.2, -0.15) is 12.6 Å². The maximum absolute atomic E-state index is 11.7. The molecule has 80 valence electrons. The predicted molar refractivity (Wildman–Crippen MR) is 68.6 cm³/mol. The molecule has 0 N–H and O–H groups in total. The molecule has 1 atom stereocenters. The lowest BCUT2D eigenvalue weighted by Crippen LogP contribution is -2.25. The van der Waals surface area contributed by atoms with Crippen molar-refractivity contribution in [1.29, 1.82) is 0 Å². The topological polar surface area (TPSA) is 20.3 Å². The van der Waals surface area contributed by atoms with Gasteiger partial charge in [0, 0.05) is 22.7 Å². The molecule has 0 bridgehead atoms. The highest BCUT2D eigenvalue weighted by Gasteiger charge is 2.30. The molecule has 1 saturated heterocycles. The minimum absolute atomic E-state index is 0.156. The quantitative estimate of drug-likeness (QED) is 0.787. The van der Waals surface area contributed by atoms with E-state index in [0.29, 0.717) is 13.0 Å². The molecule has 1 aromatic carbocycles. The minimum atomic E-state index is 0.156. The van der Waals surface area contributed by atoms with E-state index in [1.54, 1.807) is 0 Å². The van der Waals surface area contributed by atoms with Crippen LogP contribution in [0, 0.1) is 6.92 Å². The number of anilines is 1. The Morgan fingerprint density at radius 3 is 2.80 bits per heavy atom. The van der Waals surface area contributed by atoms with E-state index >= 15 is 0 Å². The maximum atomic E-state index is 11.7. The Bertz CT molecular complexity index is 387. The van der Waals surface area contributed by atoms with Crippen molar-refractivity contribution in [3.8, 4) is 0 Å². The van der Waals surface area contributed by atoms with Gasteiger partial charge >= 0.3 is 0 Å². The van der Waals surface area contributed by atoms with Crippen molar-refractivity contribution < 1.29 is 4.79 Å². The van der Waals surface area contributed by atoms with Gasteiger partial charge in [0.2, 0.25) is 5.91 Å². The summed E-state index contributed by atoms with van der Waals surface area (Å²) >= 11 is 7.84. The average molecular weight is 286 g/mol. The van der Waals surface area contributed by atoms with E-state index in [1.807, 2.05) is 30.0 Å². The van der Waals surface area contributed by atoms with Gasteiger partial charge in [0.05, 0.1) is 5.69 Å². The van der Waals surface area contributed by atoms with E-state index in [9.17, 15) is 4.79 Å². The molecule has 0 radical (unpaired) electrons. The van der Waals surface area contributed by atoms with Crippen LogP contribution in [0.3, 0.4) is 0 Å². The molecular formula is C11H12BrNOS. The van der Waals surface area contributed by atoms with Crippen LogP contribution in [0.25, 0.3) is 0 Å². The Hall–Kier alpha value is -0.480. The highest BCUT2D eigenvalue weighted by molar-refractivity contribution is 9.10. The lowest BCUT2D eigenvalue weighted by molar-refractivity contribution is -0.117. The summed E-state index contributed by atoms with van der Waals surface area (Å²) in [4.78, 5) is 13.6. The van der Waals surface area contributed by atoms with Crippen molar-refractivity contribution in [2.75, 3.05) is 11.4 Å². The van der Waals surface area contributed by atoms with Crippen molar-refractivity contribution in [2.24, 2.45) is 0 Å². The van der Waals surface area contributed by atoms with Gasteiger partial charge in [0.25, 0.3) is 0 Å². The molecule has 1 unspecified atom stereocenters. The molecule has 0 aliphatic carbocycles. The summed E-state index contributed by atoms with van der Waals surface area (Å²) in [6, 6.07) is 5.95. The Kier molecular flexibility index (Phi) is 3.07. The fourth-order valence-electron chi connectivity index (χ4n) is 1.87. The summed E-state index contributed by atoms with van der Waals surface area (Å²) < 4.78 is 0.971. The van der Waals surface area contributed by atoms with Crippen LogP contribution in [-0.2, 0) is 4.79 Å². The Morgan fingerprint density at radius 2 is 2.27 bits per heavy atom. The number of amides is 1. The third-order valence-electron chi connectivity index (χ3n) is 2.56. The number of hydrogen-bond donors (Lipinski definition) is 1.